The van der Waals surface area contributed by atoms with Gasteiger partial charge in [-0.15, -0.1) is 0 Å². The third-order valence-corrected chi connectivity index (χ3v) is 7.96. The van der Waals surface area contributed by atoms with Crippen molar-refractivity contribution in [3.63, 3.8) is 0 Å². The number of imide groups is 1. The summed E-state index contributed by atoms with van der Waals surface area (Å²) >= 11 is 0. The summed E-state index contributed by atoms with van der Waals surface area (Å²) in [7, 11) is 0. The van der Waals surface area contributed by atoms with Gasteiger partial charge in [0.25, 0.3) is 5.91 Å². The second-order valence-electron chi connectivity index (χ2n) is 10.1. The van der Waals surface area contributed by atoms with E-state index >= 15 is 4.39 Å². The van der Waals surface area contributed by atoms with Crippen LogP contribution >= 0.6 is 0 Å². The molecule has 0 radical (unpaired) electrons. The molecule has 3 N–H and O–H groups in total. The first-order chi connectivity index (χ1) is 17.9. The first-order valence-corrected chi connectivity index (χ1v) is 12.8. The third-order valence-electron chi connectivity index (χ3n) is 7.96. The summed E-state index contributed by atoms with van der Waals surface area (Å²) in [6, 6.07) is 13.5. The maximum atomic E-state index is 15.3. The second-order valence-corrected chi connectivity index (χ2v) is 10.1. The number of rotatable bonds is 5. The Morgan fingerprint density at radius 3 is 2.57 bits per heavy atom. The Labute approximate surface area is 213 Å². The van der Waals surface area contributed by atoms with Gasteiger partial charge >= 0.3 is 0 Å². The number of nitrogens with one attached hydrogen (secondary N) is 1. The van der Waals surface area contributed by atoms with Gasteiger partial charge in [0.2, 0.25) is 11.8 Å². The van der Waals surface area contributed by atoms with Crippen molar-refractivity contribution in [2.45, 2.75) is 44.2 Å². The van der Waals surface area contributed by atoms with Crippen molar-refractivity contribution in [1.82, 2.24) is 5.32 Å². The van der Waals surface area contributed by atoms with Crippen molar-refractivity contribution in [3.8, 4) is 0 Å². The Balaban J connectivity index is 1.31. The van der Waals surface area contributed by atoms with E-state index in [-0.39, 0.29) is 42.4 Å². The second kappa shape index (κ2) is 9.36. The highest BCUT2D eigenvalue weighted by molar-refractivity contribution is 6.27. The highest BCUT2D eigenvalue weighted by atomic mass is 19.1. The number of carbonyl (C=O) groups excluding carboxylic acids is 3. The molecule has 37 heavy (non-hydrogen) atoms. The number of anilines is 1. The normalized spacial score (nSPS) is 21.0. The Bertz CT molecular complexity index is 1430. The summed E-state index contributed by atoms with van der Waals surface area (Å²) in [5, 5.41) is 3.95. The molecule has 0 aromatic heterocycles. The summed E-state index contributed by atoms with van der Waals surface area (Å²) < 4.78 is 20.7. The van der Waals surface area contributed by atoms with Gasteiger partial charge in [-0.3, -0.25) is 24.6 Å². The lowest BCUT2D eigenvalue weighted by atomic mass is 9.87. The van der Waals surface area contributed by atoms with Crippen molar-refractivity contribution in [2.24, 2.45) is 11.7 Å². The van der Waals surface area contributed by atoms with Gasteiger partial charge in [0.05, 0.1) is 5.69 Å². The van der Waals surface area contributed by atoms with Crippen molar-refractivity contribution in [1.29, 1.82) is 0 Å². The standard InChI is InChI=1S/C29H28FN3O4/c30-22-15-19(27(31)16-10-12-37-13-11-16)5-4-18(22)14-17-6-7-23-26-20(17)2-1-3-21(26)29(36)33(23)24-8-9-25(34)32-28(24)35/h1-7,15-16,24,27H,8-14,31H2,(H,32,34,35)/t24-,27-/m0/s1. The van der Waals surface area contributed by atoms with E-state index in [9.17, 15) is 14.4 Å². The largest absolute Gasteiger partial charge is 0.381 e. The molecule has 190 valence electrons. The monoisotopic (exact) mass is 501 g/mol. The zero-order valence-electron chi connectivity index (χ0n) is 20.3. The molecule has 0 saturated carbocycles. The van der Waals surface area contributed by atoms with Crippen LogP contribution in [0.4, 0.5) is 10.1 Å². The molecule has 3 aliphatic rings. The van der Waals surface area contributed by atoms with E-state index in [2.05, 4.69) is 5.32 Å². The summed E-state index contributed by atoms with van der Waals surface area (Å²) in [6.45, 7) is 1.38. The lowest BCUT2D eigenvalue weighted by Gasteiger charge is -2.30. The van der Waals surface area contributed by atoms with Crippen molar-refractivity contribution in [2.75, 3.05) is 18.1 Å². The maximum Gasteiger partial charge on any atom is 0.259 e. The molecule has 0 aliphatic carbocycles. The Kier molecular flexibility index (Phi) is 6.01. The third kappa shape index (κ3) is 4.10. The molecule has 6 rings (SSSR count). The van der Waals surface area contributed by atoms with Crippen LogP contribution < -0.4 is 16.0 Å². The zero-order chi connectivity index (χ0) is 25.7. The number of piperidine rings is 1. The summed E-state index contributed by atoms with van der Waals surface area (Å²) in [5.74, 6) is -1.07. The minimum Gasteiger partial charge on any atom is -0.381 e. The molecule has 0 unspecified atom stereocenters. The van der Waals surface area contributed by atoms with E-state index in [4.69, 9.17) is 10.5 Å². The molecule has 0 bridgehead atoms. The first kappa shape index (κ1) is 23.8. The summed E-state index contributed by atoms with van der Waals surface area (Å²) in [6.07, 6.45) is 2.57. The van der Waals surface area contributed by atoms with E-state index in [0.29, 0.717) is 36.4 Å². The van der Waals surface area contributed by atoms with E-state index < -0.39 is 11.9 Å². The fourth-order valence-corrected chi connectivity index (χ4v) is 5.93. The van der Waals surface area contributed by atoms with Crippen molar-refractivity contribution < 1.29 is 23.5 Å². The number of amides is 3. The molecular weight excluding hydrogens is 473 g/mol. The number of nitrogens with zero attached hydrogens (tertiary/aromatic N) is 1. The number of hydrogen-bond donors (Lipinski definition) is 2. The quantitative estimate of drug-likeness (QED) is 0.519. The van der Waals surface area contributed by atoms with Crippen molar-refractivity contribution in [3.05, 3.63) is 76.6 Å². The molecule has 2 saturated heterocycles. The van der Waals surface area contributed by atoms with Crippen LogP contribution in [0.15, 0.2) is 48.5 Å². The fourth-order valence-electron chi connectivity index (χ4n) is 5.93. The summed E-state index contributed by atoms with van der Waals surface area (Å²) in [4.78, 5) is 39.0. The van der Waals surface area contributed by atoms with E-state index in [1.165, 1.54) is 4.90 Å². The van der Waals surface area contributed by atoms with Gasteiger partial charge in [0.15, 0.2) is 0 Å². The van der Waals surface area contributed by atoms with E-state index in [1.54, 1.807) is 18.2 Å². The summed E-state index contributed by atoms with van der Waals surface area (Å²) in [5.41, 5.74) is 9.84. The molecule has 7 nitrogen and oxygen atoms in total. The average Bonchev–Trinajstić information content (AvgIpc) is 3.19. The number of nitrogens with two attached hydrogens (primary N) is 1. The Morgan fingerprint density at radius 2 is 1.81 bits per heavy atom. The van der Waals surface area contributed by atoms with Gasteiger partial charge < -0.3 is 10.5 Å². The predicted molar refractivity (Wildman–Crippen MR) is 137 cm³/mol. The molecule has 2 atom stereocenters. The lowest BCUT2D eigenvalue weighted by Crippen LogP contribution is -2.53. The Hall–Kier alpha value is -3.62. The number of halogens is 1. The van der Waals surface area contributed by atoms with Gasteiger partial charge in [0, 0.05) is 43.0 Å². The zero-order valence-corrected chi connectivity index (χ0v) is 20.3. The number of hydrogen-bond acceptors (Lipinski definition) is 5. The topological polar surface area (TPSA) is 102 Å². The van der Waals surface area contributed by atoms with Crippen molar-refractivity contribution >= 4 is 34.2 Å². The van der Waals surface area contributed by atoms with Gasteiger partial charge in [-0.25, -0.2) is 4.39 Å². The molecule has 3 amide bonds. The number of benzene rings is 3. The molecular formula is C29H28FN3O4. The van der Waals surface area contributed by atoms with Crippen LogP contribution in [0.1, 0.15) is 58.8 Å². The van der Waals surface area contributed by atoms with E-state index in [0.717, 1.165) is 34.7 Å². The number of carbonyl (C=O) groups is 3. The minimum atomic E-state index is -0.739. The average molecular weight is 502 g/mol. The minimum absolute atomic E-state index is 0.186. The van der Waals surface area contributed by atoms with Gasteiger partial charge in [-0.1, -0.05) is 30.3 Å². The van der Waals surface area contributed by atoms with Crippen LogP contribution in [0, 0.1) is 11.7 Å². The van der Waals surface area contributed by atoms with E-state index in [1.807, 2.05) is 30.3 Å². The van der Waals surface area contributed by atoms with Crippen LogP contribution in [0.3, 0.4) is 0 Å². The highest BCUT2D eigenvalue weighted by Gasteiger charge is 2.40. The highest BCUT2D eigenvalue weighted by Crippen LogP contribution is 2.41. The SMILES string of the molecule is N[C@H](c1ccc(Cc2ccc3c4c(cccc24)C(=O)N3[C@H]2CCC(=O)NC2=O)c(F)c1)C1CCOCC1. The molecule has 3 aromatic carbocycles. The van der Waals surface area contributed by atoms with Crippen LogP contribution in [-0.2, 0) is 20.7 Å². The fraction of sp³-hybridized carbons (Fsp3) is 0.345. The Morgan fingerprint density at radius 1 is 1.03 bits per heavy atom. The number of ether oxygens (including phenoxy) is 1. The predicted octanol–water partition coefficient (Wildman–Crippen LogP) is 3.76. The molecule has 3 heterocycles. The van der Waals surface area contributed by atoms with Crippen LogP contribution in [-0.4, -0.2) is 37.0 Å². The van der Waals surface area contributed by atoms with Crippen LogP contribution in [0.25, 0.3) is 10.8 Å². The van der Waals surface area contributed by atoms with Gasteiger partial charge in [-0.05, 0) is 65.5 Å². The van der Waals surface area contributed by atoms with Gasteiger partial charge in [0.1, 0.15) is 11.9 Å². The molecule has 0 spiro atoms. The maximum absolute atomic E-state index is 15.3. The molecule has 8 heteroatoms. The smallest absolute Gasteiger partial charge is 0.259 e. The van der Waals surface area contributed by atoms with Crippen LogP contribution in [0.5, 0.6) is 0 Å². The lowest BCUT2D eigenvalue weighted by molar-refractivity contribution is -0.134. The molecule has 3 aromatic rings. The first-order valence-electron chi connectivity index (χ1n) is 12.8. The van der Waals surface area contributed by atoms with Gasteiger partial charge in [-0.2, -0.15) is 0 Å². The molecule has 3 aliphatic heterocycles. The van der Waals surface area contributed by atoms with Crippen LogP contribution in [0.2, 0.25) is 0 Å². The molecule has 2 fully saturated rings.